The lowest BCUT2D eigenvalue weighted by atomic mass is 10.1. The largest absolute Gasteiger partial charge is 0.493 e. The maximum absolute atomic E-state index is 12.8. The third-order valence-corrected chi connectivity index (χ3v) is 5.25. The Kier molecular flexibility index (Phi) is 6.01. The van der Waals surface area contributed by atoms with E-state index < -0.39 is 12.1 Å². The second-order valence-corrected chi connectivity index (χ2v) is 7.54. The zero-order chi connectivity index (χ0) is 20.3. The number of nitrogens with zero attached hydrogens (tertiary/aromatic N) is 1. The quantitative estimate of drug-likeness (QED) is 0.565. The topological polar surface area (TPSA) is 76.1 Å². The number of carboxylic acid groups (broad SMARTS) is 1. The van der Waals surface area contributed by atoms with Crippen molar-refractivity contribution >= 4 is 51.9 Å². The van der Waals surface area contributed by atoms with Crippen molar-refractivity contribution in [1.82, 2.24) is 0 Å². The number of hydrogen-bond acceptors (Lipinski definition) is 6. The van der Waals surface area contributed by atoms with E-state index in [0.717, 1.165) is 5.69 Å². The number of rotatable bonds is 6. The molecule has 2 aromatic carbocycles. The summed E-state index contributed by atoms with van der Waals surface area (Å²) in [6.07, 6.45) is 0.705. The van der Waals surface area contributed by atoms with Crippen LogP contribution >= 0.6 is 24.0 Å². The number of carbonyl (C=O) groups excluding carboxylic acids is 1. The van der Waals surface area contributed by atoms with Crippen molar-refractivity contribution in [3.8, 4) is 11.5 Å². The fraction of sp³-hybridized carbons (Fsp3) is 0.150. The molecule has 1 heterocycles. The van der Waals surface area contributed by atoms with Crippen molar-refractivity contribution in [2.24, 2.45) is 0 Å². The molecule has 28 heavy (non-hydrogen) atoms. The van der Waals surface area contributed by atoms with E-state index in [9.17, 15) is 9.59 Å². The van der Waals surface area contributed by atoms with Crippen molar-refractivity contribution in [1.29, 1.82) is 0 Å². The van der Waals surface area contributed by atoms with Gasteiger partial charge in [0.25, 0.3) is 5.91 Å². The number of carbonyl (C=O) groups is 2. The number of methoxy groups -OCH3 is 1. The van der Waals surface area contributed by atoms with Crippen LogP contribution in [0.1, 0.15) is 12.5 Å². The van der Waals surface area contributed by atoms with Crippen LogP contribution in [-0.4, -0.2) is 34.5 Å². The number of hydrogen-bond donors (Lipinski definition) is 1. The Balaban J connectivity index is 1.86. The van der Waals surface area contributed by atoms with Gasteiger partial charge in [0.15, 0.2) is 21.9 Å². The average Bonchev–Trinajstić information content (AvgIpc) is 2.96. The second kappa shape index (κ2) is 8.45. The zero-order valence-corrected chi connectivity index (χ0v) is 16.8. The molecule has 1 aliphatic heterocycles. The van der Waals surface area contributed by atoms with Crippen LogP contribution in [-0.2, 0) is 9.59 Å². The molecule has 0 spiro atoms. The van der Waals surface area contributed by atoms with Gasteiger partial charge in [-0.3, -0.25) is 9.69 Å². The molecule has 0 bridgehead atoms. The van der Waals surface area contributed by atoms with E-state index in [1.165, 1.54) is 30.7 Å². The van der Waals surface area contributed by atoms with Gasteiger partial charge in [0.05, 0.1) is 17.7 Å². The minimum Gasteiger partial charge on any atom is -0.493 e. The van der Waals surface area contributed by atoms with E-state index in [1.54, 1.807) is 24.3 Å². The van der Waals surface area contributed by atoms with Gasteiger partial charge in [-0.05, 0) is 42.8 Å². The zero-order valence-electron chi connectivity index (χ0n) is 15.1. The smallest absolute Gasteiger partial charge is 0.344 e. The predicted molar refractivity (Wildman–Crippen MR) is 113 cm³/mol. The lowest BCUT2D eigenvalue weighted by molar-refractivity contribution is -0.144. The molecule has 3 rings (SSSR count). The van der Waals surface area contributed by atoms with Crippen LogP contribution in [0.25, 0.3) is 6.08 Å². The molecule has 1 saturated heterocycles. The highest BCUT2D eigenvalue weighted by molar-refractivity contribution is 8.27. The Morgan fingerprint density at radius 1 is 1.21 bits per heavy atom. The highest BCUT2D eigenvalue weighted by Gasteiger charge is 2.33. The van der Waals surface area contributed by atoms with E-state index in [1.807, 2.05) is 30.3 Å². The van der Waals surface area contributed by atoms with Crippen LogP contribution in [0, 0.1) is 0 Å². The van der Waals surface area contributed by atoms with Gasteiger partial charge >= 0.3 is 5.97 Å². The van der Waals surface area contributed by atoms with Crippen LogP contribution in [0.2, 0.25) is 0 Å². The van der Waals surface area contributed by atoms with Crippen LogP contribution in [0.15, 0.2) is 53.4 Å². The highest BCUT2D eigenvalue weighted by atomic mass is 32.2. The number of amides is 1. The molecule has 0 aromatic heterocycles. The summed E-state index contributed by atoms with van der Waals surface area (Å²) in [5.74, 6) is -0.581. The number of ether oxygens (including phenoxy) is 2. The minimum atomic E-state index is -1.07. The van der Waals surface area contributed by atoms with Gasteiger partial charge in [-0.2, -0.15) is 0 Å². The van der Waals surface area contributed by atoms with Crippen molar-refractivity contribution in [2.45, 2.75) is 13.0 Å². The molecule has 6 nitrogen and oxygen atoms in total. The maximum atomic E-state index is 12.8. The molecule has 1 N–H and O–H groups in total. The first-order valence-corrected chi connectivity index (χ1v) is 9.53. The van der Waals surface area contributed by atoms with Crippen molar-refractivity contribution < 1.29 is 24.2 Å². The summed E-state index contributed by atoms with van der Waals surface area (Å²) in [6.45, 7) is 1.44. The van der Waals surface area contributed by atoms with Crippen molar-refractivity contribution in [3.63, 3.8) is 0 Å². The second-order valence-electron chi connectivity index (χ2n) is 5.86. The molecule has 0 radical (unpaired) electrons. The van der Waals surface area contributed by atoms with E-state index in [2.05, 4.69) is 0 Å². The molecule has 144 valence electrons. The van der Waals surface area contributed by atoms with Gasteiger partial charge in [-0.25, -0.2) is 4.79 Å². The molecule has 1 amide bonds. The molecule has 2 aromatic rings. The molecular weight excluding hydrogens is 398 g/mol. The molecule has 1 fully saturated rings. The van der Waals surface area contributed by atoms with Crippen LogP contribution in [0.5, 0.6) is 11.5 Å². The molecule has 1 atom stereocenters. The van der Waals surface area contributed by atoms with Crippen LogP contribution in [0.3, 0.4) is 0 Å². The summed E-state index contributed by atoms with van der Waals surface area (Å²) in [5.41, 5.74) is 1.43. The van der Waals surface area contributed by atoms with Gasteiger partial charge in [0.2, 0.25) is 0 Å². The van der Waals surface area contributed by atoms with E-state index in [4.69, 9.17) is 26.8 Å². The van der Waals surface area contributed by atoms with Crippen molar-refractivity contribution in [2.75, 3.05) is 12.0 Å². The highest BCUT2D eigenvalue weighted by Crippen LogP contribution is 2.37. The van der Waals surface area contributed by atoms with Gasteiger partial charge < -0.3 is 14.6 Å². The third-order valence-electron chi connectivity index (χ3n) is 3.95. The molecule has 0 aliphatic carbocycles. The number of thioether (sulfide) groups is 1. The van der Waals surface area contributed by atoms with Gasteiger partial charge in [-0.15, -0.1) is 0 Å². The Morgan fingerprint density at radius 2 is 1.93 bits per heavy atom. The number of aliphatic carboxylic acids is 1. The SMILES string of the molecule is COc1cc(/C=C2\SC(=S)N(c3ccccc3)C2=O)ccc1O[C@@H](C)C(=O)O. The molecule has 1 aliphatic rings. The lowest BCUT2D eigenvalue weighted by Gasteiger charge is -2.14. The predicted octanol–water partition coefficient (Wildman–Crippen LogP) is 3.95. The monoisotopic (exact) mass is 415 g/mol. The third kappa shape index (κ3) is 4.18. The summed E-state index contributed by atoms with van der Waals surface area (Å²) in [4.78, 5) is 25.8. The maximum Gasteiger partial charge on any atom is 0.344 e. The number of carboxylic acids is 1. The molecular formula is C20H17NO5S2. The number of benzene rings is 2. The Labute approximate surface area is 171 Å². The van der Waals surface area contributed by atoms with Gasteiger partial charge in [-0.1, -0.05) is 48.2 Å². The number of anilines is 1. The summed E-state index contributed by atoms with van der Waals surface area (Å²) >= 11 is 6.58. The Bertz CT molecular complexity index is 958. The van der Waals surface area contributed by atoms with E-state index in [0.29, 0.717) is 26.3 Å². The number of para-hydroxylation sites is 1. The normalized spacial score (nSPS) is 16.4. The minimum absolute atomic E-state index is 0.194. The number of thiocarbonyl (C=S) groups is 1. The standard InChI is InChI=1S/C20H17NO5S2/c1-12(19(23)24)26-15-9-8-13(10-16(15)25-2)11-17-18(22)21(20(27)28-17)14-6-4-3-5-7-14/h3-12H,1-2H3,(H,23,24)/b17-11-/t12-/m0/s1. The van der Waals surface area contributed by atoms with E-state index in [-0.39, 0.29) is 5.91 Å². The first-order valence-electron chi connectivity index (χ1n) is 8.31. The molecule has 0 saturated carbocycles. The molecule has 0 unspecified atom stereocenters. The Hall–Kier alpha value is -2.84. The van der Waals surface area contributed by atoms with E-state index >= 15 is 0 Å². The summed E-state index contributed by atoms with van der Waals surface area (Å²) in [5, 5.41) is 8.99. The summed E-state index contributed by atoms with van der Waals surface area (Å²) in [6, 6.07) is 14.2. The lowest BCUT2D eigenvalue weighted by Crippen LogP contribution is -2.27. The Morgan fingerprint density at radius 3 is 2.57 bits per heavy atom. The summed E-state index contributed by atoms with van der Waals surface area (Å²) < 4.78 is 11.1. The fourth-order valence-electron chi connectivity index (χ4n) is 2.53. The summed E-state index contributed by atoms with van der Waals surface area (Å²) in [7, 11) is 1.46. The first kappa shape index (κ1) is 19.9. The van der Waals surface area contributed by atoms with Gasteiger partial charge in [0, 0.05) is 0 Å². The van der Waals surface area contributed by atoms with Crippen LogP contribution in [0.4, 0.5) is 5.69 Å². The van der Waals surface area contributed by atoms with Gasteiger partial charge in [0.1, 0.15) is 0 Å². The van der Waals surface area contributed by atoms with Crippen molar-refractivity contribution in [3.05, 3.63) is 59.0 Å². The average molecular weight is 415 g/mol. The van der Waals surface area contributed by atoms with Crippen LogP contribution < -0.4 is 14.4 Å². The molecule has 8 heteroatoms. The fourth-order valence-corrected chi connectivity index (χ4v) is 3.83. The first-order chi connectivity index (χ1) is 13.4.